The molecule has 3 aromatic rings. The van der Waals surface area contributed by atoms with Crippen LogP contribution in [0.1, 0.15) is 19.5 Å². The zero-order valence-corrected chi connectivity index (χ0v) is 11.5. The molecule has 0 radical (unpaired) electrons. The number of imidazole rings is 1. The second kappa shape index (κ2) is 4.56. The van der Waals surface area contributed by atoms with Crippen LogP contribution in [0.3, 0.4) is 0 Å². The molecule has 20 heavy (non-hydrogen) atoms. The average molecular weight is 271 g/mol. The van der Waals surface area contributed by atoms with Gasteiger partial charge in [0.1, 0.15) is 5.69 Å². The van der Waals surface area contributed by atoms with E-state index in [4.69, 9.17) is 5.73 Å². The van der Waals surface area contributed by atoms with Crippen LogP contribution >= 0.6 is 0 Å². The van der Waals surface area contributed by atoms with Crippen LogP contribution in [-0.2, 0) is 6.42 Å². The van der Waals surface area contributed by atoms with Gasteiger partial charge in [0.25, 0.3) is 5.56 Å². The van der Waals surface area contributed by atoms with Gasteiger partial charge in [-0.1, -0.05) is 26.0 Å². The van der Waals surface area contributed by atoms with Gasteiger partial charge in [-0.25, -0.2) is 4.98 Å². The van der Waals surface area contributed by atoms with Gasteiger partial charge in [-0.15, -0.1) is 0 Å². The lowest BCUT2D eigenvalue weighted by molar-refractivity contribution is 0.626. The summed E-state index contributed by atoms with van der Waals surface area (Å²) in [4.78, 5) is 19.7. The molecule has 0 aliphatic heterocycles. The summed E-state index contributed by atoms with van der Waals surface area (Å²) < 4.78 is 1.37. The molecule has 0 saturated heterocycles. The molecule has 0 bridgehead atoms. The van der Waals surface area contributed by atoms with Crippen LogP contribution in [0.15, 0.2) is 29.1 Å². The molecule has 0 atom stereocenters. The van der Waals surface area contributed by atoms with Crippen molar-refractivity contribution in [1.82, 2.24) is 19.7 Å². The molecule has 104 valence electrons. The van der Waals surface area contributed by atoms with E-state index in [1.165, 1.54) is 4.68 Å². The molecule has 6 heteroatoms. The summed E-state index contributed by atoms with van der Waals surface area (Å²) >= 11 is 0. The Morgan fingerprint density at radius 1 is 1.35 bits per heavy atom. The number of fused-ring (bicyclic) bond motifs is 1. The van der Waals surface area contributed by atoms with Crippen LogP contribution in [0.5, 0.6) is 0 Å². The van der Waals surface area contributed by atoms with Crippen LogP contribution in [-0.4, -0.2) is 19.7 Å². The van der Waals surface area contributed by atoms with E-state index < -0.39 is 0 Å². The van der Waals surface area contributed by atoms with Gasteiger partial charge >= 0.3 is 0 Å². The highest BCUT2D eigenvalue weighted by atomic mass is 16.1. The number of para-hydroxylation sites is 2. The molecular weight excluding hydrogens is 254 g/mol. The van der Waals surface area contributed by atoms with E-state index >= 15 is 0 Å². The van der Waals surface area contributed by atoms with Gasteiger partial charge in [0, 0.05) is 0 Å². The quantitative estimate of drug-likeness (QED) is 0.678. The number of nitrogens with two attached hydrogens (primary N) is 1. The Morgan fingerprint density at radius 2 is 2.10 bits per heavy atom. The molecule has 0 amide bonds. The first-order valence-corrected chi connectivity index (χ1v) is 6.60. The maximum atomic E-state index is 12.2. The van der Waals surface area contributed by atoms with Crippen molar-refractivity contribution in [3.05, 3.63) is 40.3 Å². The van der Waals surface area contributed by atoms with Crippen LogP contribution in [0.2, 0.25) is 0 Å². The summed E-state index contributed by atoms with van der Waals surface area (Å²) in [6, 6.07) is 7.63. The van der Waals surface area contributed by atoms with Crippen molar-refractivity contribution in [1.29, 1.82) is 0 Å². The zero-order chi connectivity index (χ0) is 14.3. The van der Waals surface area contributed by atoms with E-state index in [1.807, 2.05) is 24.3 Å². The number of aromatic nitrogens is 4. The lowest BCUT2D eigenvalue weighted by Crippen LogP contribution is -2.17. The van der Waals surface area contributed by atoms with Crippen LogP contribution in [0.25, 0.3) is 17.0 Å². The van der Waals surface area contributed by atoms with Crippen molar-refractivity contribution in [3.8, 4) is 5.95 Å². The molecule has 0 aliphatic carbocycles. The second-order valence-electron chi connectivity index (χ2n) is 5.32. The van der Waals surface area contributed by atoms with E-state index in [-0.39, 0.29) is 11.2 Å². The zero-order valence-electron chi connectivity index (χ0n) is 11.5. The smallest absolute Gasteiger partial charge is 0.297 e. The van der Waals surface area contributed by atoms with Crippen molar-refractivity contribution < 1.29 is 0 Å². The van der Waals surface area contributed by atoms with Crippen molar-refractivity contribution in [2.45, 2.75) is 20.3 Å². The minimum atomic E-state index is -0.264. The fraction of sp³-hybridized carbons (Fsp3) is 0.286. The maximum absolute atomic E-state index is 12.2. The molecule has 0 unspecified atom stereocenters. The van der Waals surface area contributed by atoms with Gasteiger partial charge in [0.15, 0.2) is 0 Å². The van der Waals surface area contributed by atoms with Crippen LogP contribution in [0.4, 0.5) is 5.69 Å². The Morgan fingerprint density at radius 3 is 2.80 bits per heavy atom. The summed E-state index contributed by atoms with van der Waals surface area (Å²) in [6.45, 7) is 4.16. The number of nitrogen functional groups attached to an aromatic ring is 1. The average Bonchev–Trinajstić information content (AvgIpc) is 2.94. The highest BCUT2D eigenvalue weighted by molar-refractivity contribution is 5.75. The first kappa shape index (κ1) is 12.5. The molecule has 0 aliphatic rings. The van der Waals surface area contributed by atoms with Gasteiger partial charge in [-0.2, -0.15) is 4.68 Å². The molecular formula is C14H17N5O. The maximum Gasteiger partial charge on any atom is 0.297 e. The fourth-order valence-electron chi connectivity index (χ4n) is 2.25. The monoisotopic (exact) mass is 271 g/mol. The van der Waals surface area contributed by atoms with Crippen LogP contribution < -0.4 is 11.3 Å². The second-order valence-corrected chi connectivity index (χ2v) is 5.32. The molecule has 2 aromatic heterocycles. The summed E-state index contributed by atoms with van der Waals surface area (Å²) in [5.74, 6) is 0.873. The van der Waals surface area contributed by atoms with Crippen LogP contribution in [0, 0.1) is 5.92 Å². The van der Waals surface area contributed by atoms with Crippen molar-refractivity contribution in [3.63, 3.8) is 0 Å². The molecule has 2 heterocycles. The number of hydrogen-bond acceptors (Lipinski definition) is 3. The van der Waals surface area contributed by atoms with Gasteiger partial charge in [0.2, 0.25) is 5.95 Å². The Hall–Kier alpha value is -2.50. The number of nitrogens with zero attached hydrogens (tertiary/aromatic N) is 2. The lowest BCUT2D eigenvalue weighted by atomic mass is 10.1. The van der Waals surface area contributed by atoms with Gasteiger partial charge in [0.05, 0.1) is 16.7 Å². The van der Waals surface area contributed by atoms with E-state index in [0.29, 0.717) is 11.9 Å². The first-order valence-electron chi connectivity index (χ1n) is 6.60. The molecule has 1 aromatic carbocycles. The Labute approximate surface area is 115 Å². The number of aromatic amines is 2. The van der Waals surface area contributed by atoms with Gasteiger partial charge in [-0.3, -0.25) is 9.89 Å². The highest BCUT2D eigenvalue weighted by Crippen LogP contribution is 2.15. The SMILES string of the molecule is CC(C)Cc1[nH]n(-c2nc3ccccc3[nH]2)c(=O)c1N. The molecule has 0 spiro atoms. The summed E-state index contributed by atoms with van der Waals surface area (Å²) in [6.07, 6.45) is 0.730. The van der Waals surface area contributed by atoms with E-state index in [2.05, 4.69) is 28.9 Å². The summed E-state index contributed by atoms with van der Waals surface area (Å²) in [7, 11) is 0. The number of benzene rings is 1. The minimum Gasteiger partial charge on any atom is -0.393 e. The summed E-state index contributed by atoms with van der Waals surface area (Å²) in [5.41, 5.74) is 8.33. The lowest BCUT2D eigenvalue weighted by Gasteiger charge is -2.02. The third kappa shape index (κ3) is 1.99. The Bertz CT molecular complexity index is 775. The van der Waals surface area contributed by atoms with Crippen molar-refractivity contribution in [2.24, 2.45) is 5.92 Å². The third-order valence-corrected chi connectivity index (χ3v) is 3.21. The Balaban J connectivity index is 2.12. The number of hydrogen-bond donors (Lipinski definition) is 3. The predicted octanol–water partition coefficient (Wildman–Crippen LogP) is 1.82. The molecule has 6 nitrogen and oxygen atoms in total. The van der Waals surface area contributed by atoms with Crippen molar-refractivity contribution >= 4 is 16.7 Å². The number of nitrogens with one attached hydrogen (secondary N) is 2. The summed E-state index contributed by atoms with van der Waals surface area (Å²) in [5, 5.41) is 3.04. The fourth-order valence-corrected chi connectivity index (χ4v) is 2.25. The molecule has 0 saturated carbocycles. The highest BCUT2D eigenvalue weighted by Gasteiger charge is 2.15. The van der Waals surface area contributed by atoms with E-state index in [0.717, 1.165) is 23.1 Å². The molecule has 4 N–H and O–H groups in total. The van der Waals surface area contributed by atoms with Gasteiger partial charge in [-0.05, 0) is 24.5 Å². The Kier molecular flexibility index (Phi) is 2.85. The number of H-pyrrole nitrogens is 2. The third-order valence-electron chi connectivity index (χ3n) is 3.21. The standard InChI is InChI=1S/C14H17N5O/c1-8(2)7-11-12(15)13(20)19(18-11)14-16-9-5-3-4-6-10(9)17-14/h3-6,8,18H,7,15H2,1-2H3,(H,16,17). The van der Waals surface area contributed by atoms with E-state index in [1.54, 1.807) is 0 Å². The predicted molar refractivity (Wildman–Crippen MR) is 79.0 cm³/mol. The minimum absolute atomic E-state index is 0.263. The largest absolute Gasteiger partial charge is 0.393 e. The normalized spacial score (nSPS) is 11.6. The number of rotatable bonds is 3. The van der Waals surface area contributed by atoms with E-state index in [9.17, 15) is 4.79 Å². The molecule has 3 rings (SSSR count). The topological polar surface area (TPSA) is 92.5 Å². The first-order chi connectivity index (χ1) is 9.56. The molecule has 0 fully saturated rings. The number of anilines is 1. The van der Waals surface area contributed by atoms with Gasteiger partial charge < -0.3 is 10.7 Å². The van der Waals surface area contributed by atoms with Crippen molar-refractivity contribution in [2.75, 3.05) is 5.73 Å².